The van der Waals surface area contributed by atoms with Crippen molar-refractivity contribution < 1.29 is 9.90 Å². The highest BCUT2D eigenvalue weighted by molar-refractivity contribution is 6.34. The Balaban J connectivity index is 2.63. The molecule has 0 fully saturated rings. The van der Waals surface area contributed by atoms with Crippen LogP contribution in [0.3, 0.4) is 0 Å². The van der Waals surface area contributed by atoms with Crippen LogP contribution in [0.1, 0.15) is 34.3 Å². The molecule has 1 aliphatic carbocycles. The van der Waals surface area contributed by atoms with Gasteiger partial charge in [-0.05, 0) is 30.0 Å². The number of carbonyl (C=O) groups excluding carboxylic acids is 1. The second-order valence-corrected chi connectivity index (χ2v) is 3.90. The van der Waals surface area contributed by atoms with E-state index in [1.54, 1.807) is 12.1 Å². The van der Waals surface area contributed by atoms with Crippen molar-refractivity contribution in [3.63, 3.8) is 0 Å². The Bertz CT molecular complexity index is 385. The van der Waals surface area contributed by atoms with Crippen LogP contribution in [0.5, 0.6) is 0 Å². The van der Waals surface area contributed by atoms with Gasteiger partial charge in [0, 0.05) is 12.0 Å². The van der Waals surface area contributed by atoms with Crippen LogP contribution in [0, 0.1) is 0 Å². The third kappa shape index (κ3) is 1.45. The minimum absolute atomic E-state index is 0.0210. The number of benzene rings is 1. The van der Waals surface area contributed by atoms with Crippen molar-refractivity contribution in [3.8, 4) is 0 Å². The predicted octanol–water partition coefficient (Wildman–Crippen LogP) is 2.35. The Morgan fingerprint density at radius 2 is 2.14 bits per heavy atom. The fraction of sp³-hybridized carbons (Fsp3) is 0.364. The molecule has 0 unspecified atom stereocenters. The Morgan fingerprint density at radius 3 is 2.86 bits per heavy atom. The second-order valence-electron chi connectivity index (χ2n) is 3.49. The summed E-state index contributed by atoms with van der Waals surface area (Å²) in [7, 11) is 0. The lowest BCUT2D eigenvalue weighted by Gasteiger charge is -2.18. The monoisotopic (exact) mass is 210 g/mol. The minimum Gasteiger partial charge on any atom is -0.392 e. The number of carbonyl (C=O) groups is 1. The first-order valence-corrected chi connectivity index (χ1v) is 5.06. The van der Waals surface area contributed by atoms with Crippen LogP contribution in [-0.2, 0) is 13.0 Å². The molecule has 0 spiro atoms. The van der Waals surface area contributed by atoms with E-state index in [9.17, 15) is 4.79 Å². The first kappa shape index (κ1) is 9.69. The number of Topliss-reactive ketones (excluding diaryl/α,β-unsaturated/α-hetero) is 1. The van der Waals surface area contributed by atoms with E-state index < -0.39 is 0 Å². The molecule has 1 aromatic rings. The molecule has 3 heteroatoms. The van der Waals surface area contributed by atoms with Gasteiger partial charge in [-0.3, -0.25) is 4.79 Å². The van der Waals surface area contributed by atoms with E-state index in [0.717, 1.165) is 24.0 Å². The summed E-state index contributed by atoms with van der Waals surface area (Å²) >= 11 is 5.96. The molecule has 2 rings (SSSR count). The van der Waals surface area contributed by atoms with Crippen molar-refractivity contribution in [2.45, 2.75) is 25.9 Å². The van der Waals surface area contributed by atoms with E-state index in [1.807, 2.05) is 0 Å². The third-order valence-electron chi connectivity index (χ3n) is 2.64. The number of hydrogen-bond acceptors (Lipinski definition) is 2. The minimum atomic E-state index is -0.0210. The maximum absolute atomic E-state index is 11.6. The van der Waals surface area contributed by atoms with Crippen LogP contribution >= 0.6 is 11.6 Å². The van der Waals surface area contributed by atoms with Crippen LogP contribution < -0.4 is 0 Å². The number of hydrogen-bond donors (Lipinski definition) is 1. The number of fused-ring (bicyclic) bond motifs is 1. The van der Waals surface area contributed by atoms with Gasteiger partial charge in [0.05, 0.1) is 11.6 Å². The van der Waals surface area contributed by atoms with E-state index >= 15 is 0 Å². The topological polar surface area (TPSA) is 37.3 Å². The van der Waals surface area contributed by atoms with Gasteiger partial charge in [-0.2, -0.15) is 0 Å². The summed E-state index contributed by atoms with van der Waals surface area (Å²) in [5, 5.41) is 9.63. The molecule has 14 heavy (non-hydrogen) atoms. The van der Waals surface area contributed by atoms with Crippen molar-refractivity contribution in [1.82, 2.24) is 0 Å². The van der Waals surface area contributed by atoms with Crippen LogP contribution in [0.4, 0.5) is 0 Å². The summed E-state index contributed by atoms with van der Waals surface area (Å²) in [6.07, 6.45) is 2.28. The maximum Gasteiger partial charge on any atom is 0.164 e. The Labute approximate surface area is 87.5 Å². The van der Waals surface area contributed by atoms with Crippen LogP contribution in [0.15, 0.2) is 12.1 Å². The molecule has 0 saturated carbocycles. The third-order valence-corrected chi connectivity index (χ3v) is 2.95. The van der Waals surface area contributed by atoms with E-state index in [-0.39, 0.29) is 12.4 Å². The molecule has 74 valence electrons. The van der Waals surface area contributed by atoms with Crippen LogP contribution in [0.25, 0.3) is 0 Å². The van der Waals surface area contributed by atoms with E-state index in [2.05, 4.69) is 0 Å². The largest absolute Gasteiger partial charge is 0.392 e. The number of rotatable bonds is 1. The SMILES string of the molecule is O=C1CCCc2c(CO)ccc(Cl)c21. The van der Waals surface area contributed by atoms with Crippen LogP contribution in [-0.4, -0.2) is 10.9 Å². The number of ketones is 1. The zero-order valence-corrected chi connectivity index (χ0v) is 8.47. The average molecular weight is 211 g/mol. The van der Waals surface area contributed by atoms with Gasteiger partial charge in [0.15, 0.2) is 5.78 Å². The molecule has 0 aromatic heterocycles. The quantitative estimate of drug-likeness (QED) is 0.773. The fourth-order valence-electron chi connectivity index (χ4n) is 1.95. The average Bonchev–Trinajstić information content (AvgIpc) is 2.18. The molecule has 0 radical (unpaired) electrons. The highest BCUT2D eigenvalue weighted by atomic mass is 35.5. The molecule has 1 N–H and O–H groups in total. The van der Waals surface area contributed by atoms with Gasteiger partial charge >= 0.3 is 0 Å². The summed E-state index contributed by atoms with van der Waals surface area (Å²) < 4.78 is 0. The first-order valence-electron chi connectivity index (χ1n) is 4.68. The highest BCUT2D eigenvalue weighted by Gasteiger charge is 2.22. The zero-order valence-electron chi connectivity index (χ0n) is 7.72. The van der Waals surface area contributed by atoms with E-state index in [1.165, 1.54) is 0 Å². The summed E-state index contributed by atoms with van der Waals surface area (Å²) in [5.74, 6) is 0.103. The molecule has 0 amide bonds. The highest BCUT2D eigenvalue weighted by Crippen LogP contribution is 2.30. The number of halogens is 1. The van der Waals surface area contributed by atoms with E-state index in [4.69, 9.17) is 16.7 Å². The van der Waals surface area contributed by atoms with Crippen LogP contribution in [0.2, 0.25) is 5.02 Å². The maximum atomic E-state index is 11.6. The molecular formula is C11H11ClO2. The van der Waals surface area contributed by atoms with Gasteiger partial charge in [0.1, 0.15) is 0 Å². The van der Waals surface area contributed by atoms with Crippen molar-refractivity contribution in [2.24, 2.45) is 0 Å². The lowest BCUT2D eigenvalue weighted by molar-refractivity contribution is 0.0972. The predicted molar refractivity (Wildman–Crippen MR) is 54.6 cm³/mol. The van der Waals surface area contributed by atoms with Gasteiger partial charge in [-0.1, -0.05) is 17.7 Å². The smallest absolute Gasteiger partial charge is 0.164 e. The number of aliphatic hydroxyl groups excluding tert-OH is 1. The summed E-state index contributed by atoms with van der Waals surface area (Å²) in [4.78, 5) is 11.6. The molecule has 0 heterocycles. The standard InChI is InChI=1S/C11H11ClO2/c12-9-5-4-7(6-13)8-2-1-3-10(14)11(8)9/h4-5,13H,1-3,6H2. The van der Waals surface area contributed by atoms with Gasteiger partial charge in [-0.25, -0.2) is 0 Å². The lowest BCUT2D eigenvalue weighted by atomic mass is 9.87. The molecule has 0 aliphatic heterocycles. The van der Waals surface area contributed by atoms with Gasteiger partial charge in [0.25, 0.3) is 0 Å². The lowest BCUT2D eigenvalue weighted by Crippen LogP contribution is -2.13. The summed E-state index contributed by atoms with van der Waals surface area (Å²) in [6.45, 7) is -0.0210. The van der Waals surface area contributed by atoms with Crippen molar-refractivity contribution in [2.75, 3.05) is 0 Å². The molecule has 1 aromatic carbocycles. The zero-order chi connectivity index (χ0) is 10.1. The Hall–Kier alpha value is -0.860. The van der Waals surface area contributed by atoms with Crippen molar-refractivity contribution in [3.05, 3.63) is 33.8 Å². The van der Waals surface area contributed by atoms with Gasteiger partial charge < -0.3 is 5.11 Å². The Kier molecular flexibility index (Phi) is 2.57. The fourth-order valence-corrected chi connectivity index (χ4v) is 2.23. The molecule has 0 saturated heterocycles. The molecule has 1 aliphatic rings. The Morgan fingerprint density at radius 1 is 1.36 bits per heavy atom. The molecular weight excluding hydrogens is 200 g/mol. The summed E-state index contributed by atoms with van der Waals surface area (Å²) in [5.41, 5.74) is 2.40. The molecule has 0 atom stereocenters. The first-order chi connectivity index (χ1) is 6.74. The van der Waals surface area contributed by atoms with Gasteiger partial charge in [0.2, 0.25) is 0 Å². The second kappa shape index (κ2) is 3.71. The van der Waals surface area contributed by atoms with E-state index in [0.29, 0.717) is 17.0 Å². The van der Waals surface area contributed by atoms with Gasteiger partial charge in [-0.15, -0.1) is 0 Å². The normalized spacial score (nSPS) is 15.4. The molecule has 2 nitrogen and oxygen atoms in total. The van der Waals surface area contributed by atoms with Crippen molar-refractivity contribution >= 4 is 17.4 Å². The molecule has 0 bridgehead atoms. The van der Waals surface area contributed by atoms with Crippen molar-refractivity contribution in [1.29, 1.82) is 0 Å². The number of aliphatic hydroxyl groups is 1. The summed E-state index contributed by atoms with van der Waals surface area (Å²) in [6, 6.07) is 3.48.